The number of hydrogen-bond acceptors (Lipinski definition) is 3. The van der Waals surface area contributed by atoms with Gasteiger partial charge in [-0.15, -0.1) is 0 Å². The van der Waals surface area contributed by atoms with E-state index in [4.69, 9.17) is 0 Å². The Kier molecular flexibility index (Phi) is 4.91. The molecule has 1 aromatic rings. The second kappa shape index (κ2) is 6.99. The Labute approximate surface area is 200 Å². The lowest BCUT2D eigenvalue weighted by Crippen LogP contribution is -2.49. The van der Waals surface area contributed by atoms with Gasteiger partial charge in [-0.25, -0.2) is 0 Å². The molecule has 4 aliphatic rings. The zero-order valence-electron chi connectivity index (χ0n) is 21.3. The van der Waals surface area contributed by atoms with Crippen LogP contribution >= 0.6 is 0 Å². The van der Waals surface area contributed by atoms with E-state index < -0.39 is 21.7 Å². The number of fused-ring (bicyclic) bond motifs is 4. The molecule has 0 bridgehead atoms. The lowest BCUT2D eigenvalue weighted by Gasteiger charge is -2.54. The van der Waals surface area contributed by atoms with Crippen LogP contribution in [0.4, 0.5) is 0 Å². The third-order valence-corrected chi connectivity index (χ3v) is 12.6. The van der Waals surface area contributed by atoms with Crippen molar-refractivity contribution in [3.05, 3.63) is 45.3 Å². The van der Waals surface area contributed by atoms with Gasteiger partial charge in [0.2, 0.25) is 0 Å². The number of rotatable bonds is 2. The van der Waals surface area contributed by atoms with Crippen LogP contribution in [0.1, 0.15) is 62.1 Å². The van der Waals surface area contributed by atoms with Crippen LogP contribution in [0.3, 0.4) is 0 Å². The molecule has 4 aliphatic carbocycles. The number of ketones is 2. The maximum Gasteiger partial charge on any atom is 0.155 e. The minimum Gasteiger partial charge on any atom is -0.385 e. The van der Waals surface area contributed by atoms with Crippen LogP contribution in [0.15, 0.2) is 28.6 Å². The quantitative estimate of drug-likeness (QED) is 0.508. The monoisotopic (exact) mass is 478 g/mol. The zero-order chi connectivity index (χ0) is 24.1. The highest BCUT2D eigenvalue weighted by Crippen LogP contribution is 2.63. The predicted molar refractivity (Wildman–Crippen MR) is 140 cm³/mol. The van der Waals surface area contributed by atoms with Crippen LogP contribution in [0, 0.1) is 11.3 Å². The van der Waals surface area contributed by atoms with Gasteiger partial charge in [0.05, 0.1) is 21.7 Å². The normalized spacial score (nSPS) is 31.9. The average Bonchev–Trinajstić information content (AvgIpc) is 2.67. The van der Waals surface area contributed by atoms with Crippen molar-refractivity contribution in [2.24, 2.45) is 11.3 Å². The molecular weight excluding hydrogens is 440 g/mol. The molecule has 0 amide bonds. The highest BCUT2D eigenvalue weighted by atomic mass is 28.3. The molecule has 0 fully saturated rings. The first kappa shape index (κ1) is 23.2. The van der Waals surface area contributed by atoms with E-state index in [1.807, 2.05) is 0 Å². The molecule has 3 nitrogen and oxygen atoms in total. The lowest BCUT2D eigenvalue weighted by atomic mass is 9.54. The molecule has 0 spiro atoms. The second-order valence-electron chi connectivity index (χ2n) is 13.3. The molecule has 1 N–H and O–H groups in total. The Bertz CT molecular complexity index is 1160. The van der Waals surface area contributed by atoms with Gasteiger partial charge < -0.3 is 5.11 Å². The van der Waals surface area contributed by atoms with Crippen molar-refractivity contribution in [1.29, 1.82) is 0 Å². The summed E-state index contributed by atoms with van der Waals surface area (Å²) in [5.74, 6) is 0.875. The van der Waals surface area contributed by atoms with Crippen LogP contribution in [-0.4, -0.2) is 32.8 Å². The number of allylic oxidation sites excluding steroid dienone is 4. The molecule has 3 atom stereocenters. The fourth-order valence-corrected chi connectivity index (χ4v) is 11.9. The Hall–Kier alpha value is -1.57. The fourth-order valence-electron chi connectivity index (χ4n) is 7.62. The first-order valence-electron chi connectivity index (χ1n) is 12.6. The number of carbonyl (C=O) groups is 2. The van der Waals surface area contributed by atoms with Gasteiger partial charge >= 0.3 is 0 Å². The van der Waals surface area contributed by atoms with Crippen molar-refractivity contribution in [2.45, 2.75) is 90.3 Å². The van der Waals surface area contributed by atoms with Gasteiger partial charge in [0.25, 0.3) is 0 Å². The molecule has 5 heteroatoms. The second-order valence-corrected chi connectivity index (χ2v) is 23.3. The van der Waals surface area contributed by atoms with Crippen LogP contribution in [0.5, 0.6) is 0 Å². The van der Waals surface area contributed by atoms with Gasteiger partial charge in [0, 0.05) is 12.8 Å². The summed E-state index contributed by atoms with van der Waals surface area (Å²) in [6.45, 7) is 15.9. The summed E-state index contributed by atoms with van der Waals surface area (Å²) in [7, 11) is -3.77. The minimum absolute atomic E-state index is 0.183. The van der Waals surface area contributed by atoms with E-state index in [0.717, 1.165) is 39.9 Å². The highest BCUT2D eigenvalue weighted by molar-refractivity contribution is 6.89. The number of benzene rings is 1. The maximum absolute atomic E-state index is 13.3. The third-order valence-electron chi connectivity index (χ3n) is 8.57. The number of aliphatic hydroxyl groups is 1. The van der Waals surface area contributed by atoms with Crippen molar-refractivity contribution < 1.29 is 14.7 Å². The van der Waals surface area contributed by atoms with Crippen LogP contribution in [0.2, 0.25) is 39.3 Å². The lowest BCUT2D eigenvalue weighted by molar-refractivity contribution is -0.116. The van der Waals surface area contributed by atoms with Gasteiger partial charge in [-0.2, -0.15) is 0 Å². The predicted octanol–water partition coefficient (Wildman–Crippen LogP) is 6.29. The Morgan fingerprint density at radius 2 is 1.52 bits per heavy atom. The van der Waals surface area contributed by atoms with E-state index in [2.05, 4.69) is 64.4 Å². The van der Waals surface area contributed by atoms with Gasteiger partial charge in [-0.1, -0.05) is 64.4 Å². The van der Waals surface area contributed by atoms with E-state index in [9.17, 15) is 14.7 Å². The molecular formula is C28H38O3Si2. The summed E-state index contributed by atoms with van der Waals surface area (Å²) in [6.07, 6.45) is 4.23. The van der Waals surface area contributed by atoms with Gasteiger partial charge in [0.15, 0.2) is 11.6 Å². The summed E-state index contributed by atoms with van der Waals surface area (Å²) in [6, 6.07) is 6.39. The van der Waals surface area contributed by atoms with Crippen molar-refractivity contribution in [1.82, 2.24) is 0 Å². The third kappa shape index (κ3) is 3.29. The average molecular weight is 479 g/mol. The van der Waals surface area contributed by atoms with E-state index in [1.165, 1.54) is 11.1 Å². The van der Waals surface area contributed by atoms with Crippen molar-refractivity contribution in [3.63, 3.8) is 0 Å². The van der Waals surface area contributed by atoms with E-state index in [1.54, 1.807) is 0 Å². The molecule has 5 rings (SSSR count). The Morgan fingerprint density at radius 3 is 2.15 bits per heavy atom. The first-order valence-corrected chi connectivity index (χ1v) is 19.6. The number of carbonyl (C=O) groups excluding carboxylic acids is 2. The van der Waals surface area contributed by atoms with E-state index in [0.29, 0.717) is 37.2 Å². The SMILES string of the molecule is C[C@]12CCC(=O)C([Si](C)(C)C)=C1c1cccc3c1[C@](O)(C[C@@H]1CCC(=O)C([Si](C)(C)C)=C31)C2. The summed E-state index contributed by atoms with van der Waals surface area (Å²) in [5.41, 5.74) is 4.57. The molecule has 0 heterocycles. The smallest absolute Gasteiger partial charge is 0.155 e. The summed E-state index contributed by atoms with van der Waals surface area (Å²) in [5, 5.41) is 14.5. The summed E-state index contributed by atoms with van der Waals surface area (Å²) >= 11 is 0. The topological polar surface area (TPSA) is 54.4 Å². The van der Waals surface area contributed by atoms with E-state index >= 15 is 0 Å². The maximum atomic E-state index is 13.3. The molecule has 176 valence electrons. The number of hydrogen-bond donors (Lipinski definition) is 1. The largest absolute Gasteiger partial charge is 0.385 e. The fraction of sp³-hybridized carbons (Fsp3) is 0.571. The van der Waals surface area contributed by atoms with Gasteiger partial charge in [0.1, 0.15) is 0 Å². The number of Topliss-reactive ketones (excluding diaryl/α,β-unsaturated/α-hetero) is 2. The van der Waals surface area contributed by atoms with Crippen molar-refractivity contribution in [2.75, 3.05) is 0 Å². The zero-order valence-corrected chi connectivity index (χ0v) is 23.3. The van der Waals surface area contributed by atoms with Crippen LogP contribution in [-0.2, 0) is 15.2 Å². The van der Waals surface area contributed by atoms with Crippen LogP contribution in [0.25, 0.3) is 11.1 Å². The Balaban J connectivity index is 1.90. The van der Waals surface area contributed by atoms with Crippen molar-refractivity contribution in [3.8, 4) is 0 Å². The first-order chi connectivity index (χ1) is 15.2. The summed E-state index contributed by atoms with van der Waals surface area (Å²) in [4.78, 5) is 26.5. The molecule has 0 unspecified atom stereocenters. The molecule has 1 aromatic carbocycles. The molecule has 0 aliphatic heterocycles. The summed E-state index contributed by atoms with van der Waals surface area (Å²) < 4.78 is 0. The van der Waals surface area contributed by atoms with Gasteiger partial charge in [-0.3, -0.25) is 9.59 Å². The highest BCUT2D eigenvalue weighted by Gasteiger charge is 2.56. The van der Waals surface area contributed by atoms with E-state index in [-0.39, 0.29) is 11.3 Å². The van der Waals surface area contributed by atoms with Crippen LogP contribution < -0.4 is 0 Å². The molecule has 33 heavy (non-hydrogen) atoms. The minimum atomic E-state index is -1.90. The Morgan fingerprint density at radius 1 is 0.909 bits per heavy atom. The molecule has 0 saturated carbocycles. The van der Waals surface area contributed by atoms with Gasteiger partial charge in [-0.05, 0) is 75.2 Å². The molecule has 0 radical (unpaired) electrons. The standard InChI is InChI=1S/C28H38O3Si2/c1-27-14-13-21(30)26(33(5,6)7)24(27)19-10-8-9-18-22-17(15-28(31,16-27)23(18)19)11-12-20(29)25(22)32(2,3)4/h8-10,17,31H,11-16H2,1-7H3/t17-,27+,28-/m0/s1. The molecule has 0 saturated heterocycles. The van der Waals surface area contributed by atoms with Crippen molar-refractivity contribution >= 4 is 38.9 Å². The molecule has 0 aromatic heterocycles.